The molecule has 6 heteroatoms. The number of halogens is 2. The van der Waals surface area contributed by atoms with Gasteiger partial charge < -0.3 is 14.6 Å². The third-order valence-corrected chi connectivity index (χ3v) is 2.59. The predicted molar refractivity (Wildman–Crippen MR) is 69.2 cm³/mol. The molecule has 0 amide bonds. The van der Waals surface area contributed by atoms with Gasteiger partial charge in [-0.3, -0.25) is 0 Å². The van der Waals surface area contributed by atoms with Gasteiger partial charge in [0.05, 0.1) is 11.6 Å². The molecule has 0 saturated heterocycles. The summed E-state index contributed by atoms with van der Waals surface area (Å²) in [6, 6.07) is 4.74. The summed E-state index contributed by atoms with van der Waals surface area (Å²) in [7, 11) is 0. The minimum atomic E-state index is -0.473. The van der Waals surface area contributed by atoms with E-state index in [0.29, 0.717) is 28.6 Å². The highest BCUT2D eigenvalue weighted by Crippen LogP contribution is 2.27. The number of esters is 1. The van der Waals surface area contributed by atoms with Crippen LogP contribution in [0.5, 0.6) is 5.75 Å². The lowest BCUT2D eigenvalue weighted by Gasteiger charge is -2.08. The molecule has 4 nitrogen and oxygen atoms in total. The van der Waals surface area contributed by atoms with Gasteiger partial charge in [-0.05, 0) is 31.0 Å². The van der Waals surface area contributed by atoms with Gasteiger partial charge in [-0.2, -0.15) is 0 Å². The topological polar surface area (TPSA) is 55.8 Å². The first-order chi connectivity index (χ1) is 8.63. The monoisotopic (exact) mass is 292 g/mol. The molecule has 100 valence electrons. The minimum Gasteiger partial charge on any atom is -0.480 e. The number of rotatable bonds is 7. The predicted octanol–water partition coefficient (Wildman–Crippen LogP) is 2.69. The number of hydrogen-bond donors (Lipinski definition) is 1. The lowest BCUT2D eigenvalue weighted by molar-refractivity contribution is -0.146. The van der Waals surface area contributed by atoms with Gasteiger partial charge in [0.25, 0.3) is 0 Å². The Labute approximate surface area is 115 Å². The molecule has 0 radical (unpaired) electrons. The summed E-state index contributed by atoms with van der Waals surface area (Å²) < 4.78 is 10.1. The zero-order chi connectivity index (χ0) is 13.4. The van der Waals surface area contributed by atoms with Crippen LogP contribution in [-0.2, 0) is 9.53 Å². The molecule has 0 aliphatic carbocycles. The number of aliphatic hydroxyl groups excluding tert-OH is 1. The van der Waals surface area contributed by atoms with Gasteiger partial charge in [0.2, 0.25) is 0 Å². The molecule has 0 fully saturated rings. The van der Waals surface area contributed by atoms with Gasteiger partial charge in [0, 0.05) is 11.6 Å². The van der Waals surface area contributed by atoms with E-state index in [-0.39, 0.29) is 19.8 Å². The van der Waals surface area contributed by atoms with Crippen LogP contribution in [0.2, 0.25) is 10.0 Å². The molecule has 1 rings (SSSR count). The number of carbonyl (C=O) groups excluding carboxylic acids is 1. The van der Waals surface area contributed by atoms with Crippen molar-refractivity contribution in [3.05, 3.63) is 28.2 Å². The number of benzene rings is 1. The van der Waals surface area contributed by atoms with Crippen molar-refractivity contribution in [2.75, 3.05) is 19.8 Å². The van der Waals surface area contributed by atoms with Crippen molar-refractivity contribution in [2.45, 2.75) is 12.8 Å². The van der Waals surface area contributed by atoms with Crippen molar-refractivity contribution in [2.24, 2.45) is 0 Å². The van der Waals surface area contributed by atoms with Gasteiger partial charge in [0.15, 0.2) is 6.61 Å². The van der Waals surface area contributed by atoms with Crippen LogP contribution in [0.4, 0.5) is 0 Å². The smallest absolute Gasteiger partial charge is 0.344 e. The largest absolute Gasteiger partial charge is 0.480 e. The summed E-state index contributed by atoms with van der Waals surface area (Å²) in [6.45, 7) is 0.159. The Kier molecular flexibility index (Phi) is 6.86. The second-order valence-electron chi connectivity index (χ2n) is 3.51. The lowest BCUT2D eigenvalue weighted by Crippen LogP contribution is -2.15. The Hall–Kier alpha value is -0.970. The Morgan fingerprint density at radius 2 is 2.06 bits per heavy atom. The maximum Gasteiger partial charge on any atom is 0.344 e. The summed E-state index contributed by atoms with van der Waals surface area (Å²) in [5.74, 6) is -0.0904. The number of aliphatic hydroxyl groups is 1. The normalized spacial score (nSPS) is 10.2. The van der Waals surface area contributed by atoms with Crippen LogP contribution in [0.1, 0.15) is 12.8 Å². The van der Waals surface area contributed by atoms with E-state index in [4.69, 9.17) is 37.8 Å². The molecule has 1 aromatic rings. The summed E-state index contributed by atoms with van der Waals surface area (Å²) in [5.41, 5.74) is 0. The Bertz CT molecular complexity index is 396. The average Bonchev–Trinajstić information content (AvgIpc) is 2.33. The third kappa shape index (κ3) is 5.58. The molecule has 0 aliphatic heterocycles. The van der Waals surface area contributed by atoms with E-state index in [1.807, 2.05) is 0 Å². The van der Waals surface area contributed by atoms with Crippen molar-refractivity contribution in [3.63, 3.8) is 0 Å². The second kappa shape index (κ2) is 8.19. The molecular weight excluding hydrogens is 279 g/mol. The third-order valence-electron chi connectivity index (χ3n) is 2.05. The SMILES string of the molecule is O=C(COc1ccc(Cl)cc1Cl)OCCCCO. The van der Waals surface area contributed by atoms with Gasteiger partial charge in [-0.25, -0.2) is 4.79 Å². The first-order valence-electron chi connectivity index (χ1n) is 5.48. The summed E-state index contributed by atoms with van der Waals surface area (Å²) in [6.07, 6.45) is 1.24. The van der Waals surface area contributed by atoms with E-state index in [1.54, 1.807) is 12.1 Å². The number of carbonyl (C=O) groups is 1. The van der Waals surface area contributed by atoms with Crippen molar-refractivity contribution in [3.8, 4) is 5.75 Å². The van der Waals surface area contributed by atoms with E-state index < -0.39 is 5.97 Å². The Balaban J connectivity index is 2.29. The van der Waals surface area contributed by atoms with Crippen LogP contribution in [0, 0.1) is 0 Å². The van der Waals surface area contributed by atoms with Crippen molar-refractivity contribution < 1.29 is 19.4 Å². The van der Waals surface area contributed by atoms with Gasteiger partial charge >= 0.3 is 5.97 Å². The molecule has 0 heterocycles. The maximum absolute atomic E-state index is 11.3. The van der Waals surface area contributed by atoms with Gasteiger partial charge in [-0.15, -0.1) is 0 Å². The van der Waals surface area contributed by atoms with Crippen LogP contribution in [0.3, 0.4) is 0 Å². The standard InChI is InChI=1S/C12H14Cl2O4/c13-9-3-4-11(10(14)7-9)18-8-12(16)17-6-2-1-5-15/h3-4,7,15H,1-2,5-6,8H2. The van der Waals surface area contributed by atoms with Crippen LogP contribution >= 0.6 is 23.2 Å². The van der Waals surface area contributed by atoms with Crippen LogP contribution in [0.25, 0.3) is 0 Å². The number of hydrogen-bond acceptors (Lipinski definition) is 4. The number of ether oxygens (including phenoxy) is 2. The highest BCUT2D eigenvalue weighted by molar-refractivity contribution is 6.35. The summed E-state index contributed by atoms with van der Waals surface area (Å²) >= 11 is 11.6. The molecular formula is C12H14Cl2O4. The molecule has 0 aromatic heterocycles. The molecule has 0 unspecified atom stereocenters. The quantitative estimate of drug-likeness (QED) is 0.620. The fourth-order valence-corrected chi connectivity index (χ4v) is 1.63. The molecule has 1 N–H and O–H groups in total. The summed E-state index contributed by atoms with van der Waals surface area (Å²) in [4.78, 5) is 11.3. The molecule has 0 saturated carbocycles. The summed E-state index contributed by atoms with van der Waals surface area (Å²) in [5, 5.41) is 9.39. The molecule has 0 spiro atoms. The molecule has 18 heavy (non-hydrogen) atoms. The lowest BCUT2D eigenvalue weighted by atomic mass is 10.3. The fourth-order valence-electron chi connectivity index (χ4n) is 1.17. The van der Waals surface area contributed by atoms with Crippen LogP contribution < -0.4 is 4.74 Å². The van der Waals surface area contributed by atoms with E-state index in [9.17, 15) is 4.79 Å². The van der Waals surface area contributed by atoms with E-state index in [2.05, 4.69) is 0 Å². The van der Waals surface area contributed by atoms with Gasteiger partial charge in [0.1, 0.15) is 5.75 Å². The second-order valence-corrected chi connectivity index (χ2v) is 4.36. The molecule has 0 atom stereocenters. The zero-order valence-corrected chi connectivity index (χ0v) is 11.2. The van der Waals surface area contributed by atoms with E-state index >= 15 is 0 Å². The van der Waals surface area contributed by atoms with E-state index in [0.717, 1.165) is 0 Å². The maximum atomic E-state index is 11.3. The van der Waals surface area contributed by atoms with Crippen molar-refractivity contribution >= 4 is 29.2 Å². The van der Waals surface area contributed by atoms with Crippen molar-refractivity contribution in [1.82, 2.24) is 0 Å². The Morgan fingerprint density at radius 3 is 2.72 bits per heavy atom. The number of unbranched alkanes of at least 4 members (excludes halogenated alkanes) is 1. The first kappa shape index (κ1) is 15.1. The van der Waals surface area contributed by atoms with E-state index in [1.165, 1.54) is 6.07 Å². The van der Waals surface area contributed by atoms with Crippen LogP contribution in [0.15, 0.2) is 18.2 Å². The van der Waals surface area contributed by atoms with Crippen molar-refractivity contribution in [1.29, 1.82) is 0 Å². The van der Waals surface area contributed by atoms with Gasteiger partial charge in [-0.1, -0.05) is 23.2 Å². The first-order valence-corrected chi connectivity index (χ1v) is 6.23. The fraction of sp³-hybridized carbons (Fsp3) is 0.417. The highest BCUT2D eigenvalue weighted by Gasteiger charge is 2.07. The molecule has 0 bridgehead atoms. The average molecular weight is 293 g/mol. The van der Waals surface area contributed by atoms with Crippen LogP contribution in [-0.4, -0.2) is 30.9 Å². The molecule has 1 aromatic carbocycles. The highest BCUT2D eigenvalue weighted by atomic mass is 35.5. The molecule has 0 aliphatic rings. The zero-order valence-electron chi connectivity index (χ0n) is 9.70. The minimum absolute atomic E-state index is 0.0917. The Morgan fingerprint density at radius 1 is 1.28 bits per heavy atom.